The predicted octanol–water partition coefficient (Wildman–Crippen LogP) is -7.57. The van der Waals surface area contributed by atoms with Gasteiger partial charge >= 0.3 is 0 Å². The second kappa shape index (κ2) is 11.2. The van der Waals surface area contributed by atoms with Crippen LogP contribution in [0, 0.1) is 0 Å². The summed E-state index contributed by atoms with van der Waals surface area (Å²) in [5.41, 5.74) is 0. The fourth-order valence-corrected chi connectivity index (χ4v) is 4.12. The molecule has 0 spiro atoms. The van der Waals surface area contributed by atoms with Gasteiger partial charge in [-0.3, -0.25) is 0 Å². The van der Waals surface area contributed by atoms with Gasteiger partial charge in [0.1, 0.15) is 73.8 Å². The van der Waals surface area contributed by atoms with Gasteiger partial charge in [0, 0.05) is 0 Å². The van der Waals surface area contributed by atoms with E-state index in [2.05, 4.69) is 0 Å². The van der Waals surface area contributed by atoms with E-state index in [9.17, 15) is 56.2 Å². The largest absolute Gasteiger partial charge is 0.394 e. The number of hydrogen-bond donors (Lipinski definition) is 11. The molecule has 0 radical (unpaired) electrons. The van der Waals surface area contributed by atoms with Gasteiger partial charge in [-0.25, -0.2) is 0 Å². The van der Waals surface area contributed by atoms with Crippen LogP contribution in [0.1, 0.15) is 0 Å². The van der Waals surface area contributed by atoms with Crippen molar-refractivity contribution in [3.8, 4) is 0 Å². The lowest BCUT2D eigenvalue weighted by molar-refractivity contribution is -0.396. The summed E-state index contributed by atoms with van der Waals surface area (Å²) >= 11 is 0. The first-order valence-electron chi connectivity index (χ1n) is 10.6. The average Bonchev–Trinajstić information content (AvgIpc) is 3.08. The lowest BCUT2D eigenvalue weighted by Crippen LogP contribution is -2.66. The Hall–Kier alpha value is -0.640. The average molecular weight is 504 g/mol. The van der Waals surface area contributed by atoms with Crippen LogP contribution in [-0.4, -0.2) is 168 Å². The molecule has 3 aliphatic heterocycles. The Balaban J connectivity index is 1.81. The zero-order chi connectivity index (χ0) is 25.4. The highest BCUT2D eigenvalue weighted by atomic mass is 16.8. The number of ether oxygens (including phenoxy) is 5. The highest BCUT2D eigenvalue weighted by Crippen LogP contribution is 2.37. The van der Waals surface area contributed by atoms with Crippen LogP contribution >= 0.6 is 0 Å². The van der Waals surface area contributed by atoms with Crippen molar-refractivity contribution in [2.75, 3.05) is 26.4 Å². The molecule has 3 saturated heterocycles. The van der Waals surface area contributed by atoms with E-state index in [4.69, 9.17) is 23.7 Å². The first kappa shape index (κ1) is 27.9. The summed E-state index contributed by atoms with van der Waals surface area (Å²) in [6, 6.07) is 0. The molecule has 14 atom stereocenters. The fourth-order valence-electron chi connectivity index (χ4n) is 4.12. The van der Waals surface area contributed by atoms with Gasteiger partial charge in [0.2, 0.25) is 5.79 Å². The molecule has 0 amide bonds. The third kappa shape index (κ3) is 4.96. The SMILES string of the molecule is OC[C@H]1OC(CO)(O[C@@H]2[C@@H](O)[C@@H](O[C@H]3O[C@H](CO)[C@@H](O)[C@H](O)[C@H]3O)O[C@H](CO)[C@H]2O)[C@@H](O)[C@@H]1O. The van der Waals surface area contributed by atoms with Gasteiger partial charge in [0.15, 0.2) is 12.6 Å². The molecule has 0 saturated carbocycles. The van der Waals surface area contributed by atoms with Gasteiger partial charge in [0.25, 0.3) is 0 Å². The van der Waals surface area contributed by atoms with Crippen LogP contribution in [0.25, 0.3) is 0 Å². The van der Waals surface area contributed by atoms with Gasteiger partial charge in [-0.2, -0.15) is 0 Å². The lowest BCUT2D eigenvalue weighted by Gasteiger charge is -2.47. The maximum atomic E-state index is 10.8. The minimum atomic E-state index is -2.40. The van der Waals surface area contributed by atoms with Gasteiger partial charge in [-0.15, -0.1) is 0 Å². The van der Waals surface area contributed by atoms with Crippen molar-refractivity contribution < 1.29 is 79.9 Å². The molecule has 16 nitrogen and oxygen atoms in total. The van der Waals surface area contributed by atoms with Crippen LogP contribution in [0.3, 0.4) is 0 Å². The molecular formula is C18H32O16. The Morgan fingerprint density at radius 1 is 0.588 bits per heavy atom. The molecule has 1 unspecified atom stereocenters. The van der Waals surface area contributed by atoms with Gasteiger partial charge in [-0.05, 0) is 0 Å². The van der Waals surface area contributed by atoms with Crippen molar-refractivity contribution in [1.82, 2.24) is 0 Å². The summed E-state index contributed by atoms with van der Waals surface area (Å²) in [7, 11) is 0. The summed E-state index contributed by atoms with van der Waals surface area (Å²) in [5.74, 6) is -2.40. The molecule has 0 aromatic carbocycles. The Morgan fingerprint density at radius 2 is 1.12 bits per heavy atom. The van der Waals surface area contributed by atoms with Gasteiger partial charge in [0.05, 0.1) is 19.8 Å². The molecule has 3 rings (SSSR count). The van der Waals surface area contributed by atoms with E-state index in [1.54, 1.807) is 0 Å². The fraction of sp³-hybridized carbons (Fsp3) is 1.00. The topological polar surface area (TPSA) is 269 Å². The third-order valence-electron chi connectivity index (χ3n) is 6.18. The first-order valence-corrected chi connectivity index (χ1v) is 10.6. The smallest absolute Gasteiger partial charge is 0.222 e. The molecule has 34 heavy (non-hydrogen) atoms. The van der Waals surface area contributed by atoms with Crippen LogP contribution in [0.4, 0.5) is 0 Å². The Kier molecular flexibility index (Phi) is 9.18. The van der Waals surface area contributed by atoms with E-state index in [-0.39, 0.29) is 0 Å². The summed E-state index contributed by atoms with van der Waals surface area (Å²) < 4.78 is 26.6. The molecule has 0 aromatic heterocycles. The second-order valence-electron chi connectivity index (χ2n) is 8.37. The number of aliphatic hydroxyl groups is 11. The normalized spacial score (nSPS) is 52.1. The summed E-state index contributed by atoms with van der Waals surface area (Å²) in [6.07, 6.45) is -22.3. The minimum Gasteiger partial charge on any atom is -0.394 e. The molecular weight excluding hydrogens is 472 g/mol. The highest BCUT2D eigenvalue weighted by Gasteiger charge is 2.59. The Morgan fingerprint density at radius 3 is 1.62 bits per heavy atom. The number of hydrogen-bond acceptors (Lipinski definition) is 16. The number of aliphatic hydroxyl groups excluding tert-OH is 11. The van der Waals surface area contributed by atoms with Crippen molar-refractivity contribution in [2.24, 2.45) is 0 Å². The molecule has 0 aromatic rings. The van der Waals surface area contributed by atoms with E-state index in [0.29, 0.717) is 0 Å². The summed E-state index contributed by atoms with van der Waals surface area (Å²) in [5, 5.41) is 110. The van der Waals surface area contributed by atoms with Crippen molar-refractivity contribution in [2.45, 2.75) is 85.5 Å². The first-order chi connectivity index (χ1) is 16.0. The Bertz CT molecular complexity index is 653. The van der Waals surface area contributed by atoms with E-state index >= 15 is 0 Å². The summed E-state index contributed by atoms with van der Waals surface area (Å²) in [4.78, 5) is 0. The zero-order valence-corrected chi connectivity index (χ0v) is 17.8. The zero-order valence-electron chi connectivity index (χ0n) is 17.8. The Labute approximate surface area is 192 Å². The molecule has 3 heterocycles. The maximum absolute atomic E-state index is 10.8. The van der Waals surface area contributed by atoms with E-state index in [1.165, 1.54) is 0 Å². The van der Waals surface area contributed by atoms with Crippen LogP contribution in [0.15, 0.2) is 0 Å². The van der Waals surface area contributed by atoms with Crippen LogP contribution in [0.2, 0.25) is 0 Å². The van der Waals surface area contributed by atoms with E-state index in [0.717, 1.165) is 0 Å². The number of rotatable bonds is 8. The molecule has 0 aliphatic carbocycles. The minimum absolute atomic E-state index is 0.759. The van der Waals surface area contributed by atoms with Crippen LogP contribution < -0.4 is 0 Å². The van der Waals surface area contributed by atoms with Crippen molar-refractivity contribution >= 4 is 0 Å². The second-order valence-corrected chi connectivity index (χ2v) is 8.37. The van der Waals surface area contributed by atoms with Crippen molar-refractivity contribution in [1.29, 1.82) is 0 Å². The third-order valence-corrected chi connectivity index (χ3v) is 6.18. The molecule has 11 N–H and O–H groups in total. The molecule has 0 bridgehead atoms. The monoisotopic (exact) mass is 504 g/mol. The van der Waals surface area contributed by atoms with Crippen LogP contribution in [-0.2, 0) is 23.7 Å². The van der Waals surface area contributed by atoms with Crippen molar-refractivity contribution in [3.05, 3.63) is 0 Å². The molecule has 3 aliphatic rings. The predicted molar refractivity (Wildman–Crippen MR) is 101 cm³/mol. The maximum Gasteiger partial charge on any atom is 0.222 e. The van der Waals surface area contributed by atoms with Gasteiger partial charge < -0.3 is 79.9 Å². The molecule has 16 heteroatoms. The molecule has 200 valence electrons. The van der Waals surface area contributed by atoms with Crippen LogP contribution in [0.5, 0.6) is 0 Å². The standard InChI is InChI=1S/C18H32O16/c19-1-5-8(23)11(26)12(27)16(30-5)32-17-13(28)14(9(24)6(2-20)31-17)34-18(4-22)15(29)10(25)7(3-21)33-18/h5-17,19-29H,1-4H2/t5-,6-,7-,8-,9-,10-,11+,12-,13-,14+,15+,16-,17-,18?/m1/s1. The summed E-state index contributed by atoms with van der Waals surface area (Å²) in [6.45, 7) is -3.43. The lowest BCUT2D eigenvalue weighted by atomic mass is 9.97. The van der Waals surface area contributed by atoms with Gasteiger partial charge in [-0.1, -0.05) is 0 Å². The highest BCUT2D eigenvalue weighted by molar-refractivity contribution is 5.00. The van der Waals surface area contributed by atoms with E-state index < -0.39 is 112 Å². The van der Waals surface area contributed by atoms with E-state index in [1.807, 2.05) is 0 Å². The molecule has 3 fully saturated rings. The quantitative estimate of drug-likeness (QED) is 0.146. The van der Waals surface area contributed by atoms with Crippen molar-refractivity contribution in [3.63, 3.8) is 0 Å².